The monoisotopic (exact) mass is 513 g/mol. The Labute approximate surface area is 216 Å². The van der Waals surface area contributed by atoms with Crippen LogP contribution in [-0.2, 0) is 4.79 Å². The van der Waals surface area contributed by atoms with Crippen molar-refractivity contribution in [3.63, 3.8) is 0 Å². The van der Waals surface area contributed by atoms with E-state index in [1.807, 2.05) is 25.1 Å². The van der Waals surface area contributed by atoms with Crippen molar-refractivity contribution < 1.29 is 28.2 Å². The molecule has 7 nitrogen and oxygen atoms in total. The molecular weight excluding hydrogens is 480 g/mol. The van der Waals surface area contributed by atoms with Crippen LogP contribution in [0.25, 0.3) is 0 Å². The van der Waals surface area contributed by atoms with E-state index in [4.69, 9.17) is 4.74 Å². The first kappa shape index (κ1) is 26.6. The van der Waals surface area contributed by atoms with Crippen molar-refractivity contribution in [3.8, 4) is 29.1 Å². The van der Waals surface area contributed by atoms with E-state index < -0.39 is 17.6 Å². The maximum atomic E-state index is 13.4. The number of carbonyl (C=O) groups excluding carboxylic acids is 1. The molecule has 2 aromatic rings. The van der Waals surface area contributed by atoms with E-state index in [0.717, 1.165) is 31.2 Å². The molecule has 9 heteroatoms. The molecule has 2 aromatic carbocycles. The molecule has 4 rings (SSSR count). The van der Waals surface area contributed by atoms with E-state index in [1.54, 1.807) is 13.0 Å². The molecule has 3 N–H and O–H groups in total. The van der Waals surface area contributed by atoms with Crippen LogP contribution in [-0.4, -0.2) is 54.8 Å². The summed E-state index contributed by atoms with van der Waals surface area (Å²) in [5, 5.41) is 16.8. The number of hydrogen-bond acceptors (Lipinski definition) is 6. The van der Waals surface area contributed by atoms with Crippen molar-refractivity contribution in [2.75, 3.05) is 37.8 Å². The molecule has 1 aliphatic heterocycles. The van der Waals surface area contributed by atoms with E-state index in [0.29, 0.717) is 36.2 Å². The number of aromatic hydroxyl groups is 1. The van der Waals surface area contributed by atoms with Gasteiger partial charge in [0.05, 0.1) is 24.5 Å². The molecule has 0 radical (unpaired) electrons. The van der Waals surface area contributed by atoms with Gasteiger partial charge in [-0.2, -0.15) is 8.78 Å². The largest absolute Gasteiger partial charge is 0.508 e. The minimum absolute atomic E-state index is 0.0193. The fourth-order valence-electron chi connectivity index (χ4n) is 4.60. The van der Waals surface area contributed by atoms with Gasteiger partial charge >= 0.3 is 6.11 Å². The highest BCUT2D eigenvalue weighted by Crippen LogP contribution is 2.41. The van der Waals surface area contributed by atoms with Crippen LogP contribution in [0.4, 0.5) is 20.2 Å². The van der Waals surface area contributed by atoms with Gasteiger partial charge in [0.15, 0.2) is 0 Å². The lowest BCUT2D eigenvalue weighted by molar-refractivity contribution is -0.158. The van der Waals surface area contributed by atoms with Gasteiger partial charge in [0, 0.05) is 24.6 Å². The van der Waals surface area contributed by atoms with Gasteiger partial charge in [-0.05, 0) is 63.5 Å². The quantitative estimate of drug-likeness (QED) is 0.463. The van der Waals surface area contributed by atoms with Crippen LogP contribution in [0.3, 0.4) is 0 Å². The van der Waals surface area contributed by atoms with Crippen molar-refractivity contribution in [1.82, 2.24) is 4.90 Å². The van der Waals surface area contributed by atoms with Crippen molar-refractivity contribution in [2.45, 2.75) is 57.2 Å². The molecular formula is C28H33F2N3O4. The number of alkyl halides is 2. The molecule has 1 saturated carbocycles. The number of phenolic OH excluding ortho intramolecular Hbond substituents is 1. The Kier molecular flexibility index (Phi) is 7.51. The Hall–Kier alpha value is -3.51. The first-order valence-corrected chi connectivity index (χ1v) is 12.4. The summed E-state index contributed by atoms with van der Waals surface area (Å²) in [7, 11) is 3.85. The number of hydrogen-bond donors (Lipinski definition) is 3. The Morgan fingerprint density at radius 1 is 1.30 bits per heavy atom. The molecule has 0 aromatic heterocycles. The van der Waals surface area contributed by atoms with E-state index in [-0.39, 0.29) is 24.0 Å². The third-order valence-corrected chi connectivity index (χ3v) is 6.51. The number of anilines is 2. The summed E-state index contributed by atoms with van der Waals surface area (Å²) in [4.78, 5) is 15.3. The fraction of sp³-hybridized carbons (Fsp3) is 0.464. The summed E-state index contributed by atoms with van der Waals surface area (Å²) in [6.45, 7) is 2.93. The fourth-order valence-corrected chi connectivity index (χ4v) is 4.60. The Bertz CT molecular complexity index is 1230. The van der Waals surface area contributed by atoms with Crippen molar-refractivity contribution in [1.29, 1.82) is 0 Å². The number of benzene rings is 2. The zero-order chi connectivity index (χ0) is 26.8. The van der Waals surface area contributed by atoms with Crippen LogP contribution in [0.1, 0.15) is 56.6 Å². The molecule has 1 aliphatic carbocycles. The molecule has 1 fully saturated rings. The van der Waals surface area contributed by atoms with E-state index in [9.17, 15) is 18.7 Å². The minimum atomic E-state index is -3.32. The van der Waals surface area contributed by atoms with E-state index in [1.165, 1.54) is 18.2 Å². The normalized spacial score (nSPS) is 19.3. The molecule has 0 saturated heterocycles. The van der Waals surface area contributed by atoms with Gasteiger partial charge in [0.2, 0.25) is 5.60 Å². The number of amides is 1. The van der Waals surface area contributed by atoms with Gasteiger partial charge in [-0.3, -0.25) is 9.69 Å². The van der Waals surface area contributed by atoms with Gasteiger partial charge in [0.1, 0.15) is 17.2 Å². The third-order valence-electron chi connectivity index (χ3n) is 6.51. The third kappa shape index (κ3) is 6.44. The molecule has 1 amide bonds. The summed E-state index contributed by atoms with van der Waals surface area (Å²) >= 11 is 0. The lowest BCUT2D eigenvalue weighted by Gasteiger charge is -2.35. The topological polar surface area (TPSA) is 83.1 Å². The average Bonchev–Trinajstić information content (AvgIpc) is 3.34. The van der Waals surface area contributed by atoms with Gasteiger partial charge in [-0.25, -0.2) is 0 Å². The lowest BCUT2D eigenvalue weighted by Crippen LogP contribution is -2.52. The second-order valence-electron chi connectivity index (χ2n) is 10.2. The van der Waals surface area contributed by atoms with Gasteiger partial charge in [-0.1, -0.05) is 24.7 Å². The zero-order valence-corrected chi connectivity index (χ0v) is 21.6. The van der Waals surface area contributed by atoms with Crippen LogP contribution in [0, 0.1) is 11.8 Å². The number of halogens is 2. The minimum Gasteiger partial charge on any atom is -0.508 e. The van der Waals surface area contributed by atoms with Crippen LogP contribution in [0.2, 0.25) is 0 Å². The smallest absolute Gasteiger partial charge is 0.394 e. The number of fused-ring (bicyclic) bond motifs is 1. The molecule has 1 heterocycles. The molecule has 37 heavy (non-hydrogen) atoms. The van der Waals surface area contributed by atoms with Gasteiger partial charge < -0.3 is 25.2 Å². The van der Waals surface area contributed by atoms with E-state index >= 15 is 0 Å². The van der Waals surface area contributed by atoms with Crippen LogP contribution in [0.5, 0.6) is 17.2 Å². The Balaban J connectivity index is 1.57. The molecule has 2 aliphatic rings. The number of phenols is 1. The van der Waals surface area contributed by atoms with Crippen LogP contribution >= 0.6 is 0 Å². The molecule has 0 bridgehead atoms. The molecule has 1 unspecified atom stereocenters. The number of rotatable bonds is 6. The highest BCUT2D eigenvalue weighted by molar-refractivity contribution is 5.99. The summed E-state index contributed by atoms with van der Waals surface area (Å²) in [6, 6.07) is 7.69. The average molecular weight is 514 g/mol. The molecule has 198 valence electrons. The number of ether oxygens (including phenoxy) is 2. The summed E-state index contributed by atoms with van der Waals surface area (Å²) in [5.41, 5.74) is 1.03. The predicted octanol–water partition coefficient (Wildman–Crippen LogP) is 5.16. The SMILES string of the molecule is CN(C)CC#Cc1cc(C2CCCC2)c(O)cc1NC(=O)C1(C)CNc2cc(OC(C)(F)F)ccc2O1. The number of nitrogens with zero attached hydrogens (tertiary/aromatic N) is 1. The van der Waals surface area contributed by atoms with Crippen molar-refractivity contribution in [3.05, 3.63) is 41.5 Å². The first-order chi connectivity index (χ1) is 17.4. The Morgan fingerprint density at radius 3 is 2.70 bits per heavy atom. The summed E-state index contributed by atoms with van der Waals surface area (Å²) < 4.78 is 37.0. The van der Waals surface area contributed by atoms with Gasteiger partial charge in [-0.15, -0.1) is 0 Å². The highest BCUT2D eigenvalue weighted by atomic mass is 19.3. The van der Waals surface area contributed by atoms with E-state index in [2.05, 4.69) is 27.2 Å². The summed E-state index contributed by atoms with van der Waals surface area (Å²) in [5.74, 6) is 6.55. The second-order valence-corrected chi connectivity index (χ2v) is 10.2. The second kappa shape index (κ2) is 10.5. The lowest BCUT2D eigenvalue weighted by atomic mass is 9.93. The highest BCUT2D eigenvalue weighted by Gasteiger charge is 2.40. The van der Waals surface area contributed by atoms with Crippen LogP contribution < -0.4 is 20.1 Å². The first-order valence-electron chi connectivity index (χ1n) is 12.4. The zero-order valence-electron chi connectivity index (χ0n) is 21.6. The molecule has 1 atom stereocenters. The van der Waals surface area contributed by atoms with Crippen LogP contribution in [0.15, 0.2) is 30.3 Å². The van der Waals surface area contributed by atoms with Crippen molar-refractivity contribution in [2.24, 2.45) is 0 Å². The maximum Gasteiger partial charge on any atom is 0.394 e. The number of nitrogens with one attached hydrogen (secondary N) is 2. The molecule has 0 spiro atoms. The Morgan fingerprint density at radius 2 is 2.03 bits per heavy atom. The van der Waals surface area contributed by atoms with Crippen molar-refractivity contribution >= 4 is 17.3 Å². The summed E-state index contributed by atoms with van der Waals surface area (Å²) in [6.07, 6.45) is 0.975. The number of carbonyl (C=O) groups is 1. The maximum absolute atomic E-state index is 13.4. The predicted molar refractivity (Wildman–Crippen MR) is 139 cm³/mol. The van der Waals surface area contributed by atoms with Gasteiger partial charge in [0.25, 0.3) is 5.91 Å². The standard InChI is InChI=1S/C28H33F2N3O4/c1-27(17-31-23-15-20(36-28(2,29)30)11-12-25(23)37-27)26(35)32-22-16-24(34)21(18-8-5-6-9-18)14-19(22)10-7-13-33(3)4/h11-12,14-16,18,31,34H,5-6,8-9,13,17H2,1-4H3,(H,32,35).